The predicted molar refractivity (Wildman–Crippen MR) is 104 cm³/mol. The first-order valence-corrected chi connectivity index (χ1v) is 10.8. The number of carbonyl (C=O) groups is 2. The molecule has 0 N–H and O–H groups in total. The van der Waals surface area contributed by atoms with Crippen molar-refractivity contribution in [2.75, 3.05) is 18.8 Å². The van der Waals surface area contributed by atoms with E-state index in [4.69, 9.17) is 0 Å². The molecule has 0 aromatic heterocycles. The van der Waals surface area contributed by atoms with Crippen LogP contribution >= 0.6 is 0 Å². The van der Waals surface area contributed by atoms with Gasteiger partial charge < -0.3 is 9.80 Å². The molecule has 2 aromatic rings. The second kappa shape index (κ2) is 7.86. The summed E-state index contributed by atoms with van der Waals surface area (Å²) in [5.41, 5.74) is 0.230. The molecular weight excluding hydrogens is 417 g/mol. The summed E-state index contributed by atoms with van der Waals surface area (Å²) in [5.74, 6) is -3.00. The van der Waals surface area contributed by atoms with Gasteiger partial charge in [-0.3, -0.25) is 13.8 Å². The van der Waals surface area contributed by atoms with Gasteiger partial charge in [0, 0.05) is 32.5 Å². The van der Waals surface area contributed by atoms with Crippen LogP contribution in [0, 0.1) is 17.5 Å². The lowest BCUT2D eigenvalue weighted by atomic mass is 10.00. The molecule has 0 radical (unpaired) electrons. The first-order valence-electron chi connectivity index (χ1n) is 9.48. The number of carbonyl (C=O) groups excluding carboxylic acids is 2. The molecule has 9 heteroatoms. The predicted octanol–water partition coefficient (Wildman–Crippen LogP) is 2.83. The summed E-state index contributed by atoms with van der Waals surface area (Å²) in [4.78, 5) is 27.1. The van der Waals surface area contributed by atoms with Gasteiger partial charge in [-0.05, 0) is 35.9 Å². The van der Waals surface area contributed by atoms with Crippen molar-refractivity contribution < 1.29 is 27.0 Å². The van der Waals surface area contributed by atoms with Gasteiger partial charge in [-0.15, -0.1) is 0 Å². The van der Waals surface area contributed by atoms with Crippen LogP contribution in [0.3, 0.4) is 0 Å². The van der Waals surface area contributed by atoms with E-state index in [-0.39, 0.29) is 49.7 Å². The van der Waals surface area contributed by atoms with Crippen LogP contribution in [-0.4, -0.2) is 49.5 Å². The fourth-order valence-electron chi connectivity index (χ4n) is 4.11. The quantitative estimate of drug-likeness (QED) is 0.744. The van der Waals surface area contributed by atoms with Crippen molar-refractivity contribution in [3.63, 3.8) is 0 Å². The Kier molecular flexibility index (Phi) is 5.40. The third-order valence-electron chi connectivity index (χ3n) is 5.69. The number of hydrogen-bond acceptors (Lipinski definition) is 3. The maximum absolute atomic E-state index is 14.0. The van der Waals surface area contributed by atoms with Crippen molar-refractivity contribution >= 4 is 22.6 Å². The third-order valence-corrected chi connectivity index (χ3v) is 7.68. The largest absolute Gasteiger partial charge is 0.338 e. The molecule has 2 amide bonds. The molecule has 158 valence electrons. The van der Waals surface area contributed by atoms with Gasteiger partial charge in [-0.25, -0.2) is 13.2 Å². The van der Waals surface area contributed by atoms with E-state index in [1.54, 1.807) is 12.1 Å². The molecule has 0 aliphatic carbocycles. The van der Waals surface area contributed by atoms with Crippen molar-refractivity contribution in [1.29, 1.82) is 0 Å². The summed E-state index contributed by atoms with van der Waals surface area (Å²) in [7, 11) is -1.48. The SMILES string of the molecule is O=C(c1cc(F)ccc1F)N1CCC2(CC1)N(Cc1cccc(F)c1)C(=O)CS2=O. The number of halogens is 3. The molecule has 2 aromatic carbocycles. The minimum atomic E-state index is -1.48. The van der Waals surface area contributed by atoms with Crippen molar-refractivity contribution in [1.82, 2.24) is 9.80 Å². The summed E-state index contributed by atoms with van der Waals surface area (Å²) in [6, 6.07) is 8.57. The lowest BCUT2D eigenvalue weighted by molar-refractivity contribution is -0.131. The Bertz CT molecular complexity index is 1040. The zero-order valence-electron chi connectivity index (χ0n) is 15.9. The first-order chi connectivity index (χ1) is 14.3. The fourth-order valence-corrected chi connectivity index (χ4v) is 5.81. The number of amides is 2. The van der Waals surface area contributed by atoms with Crippen LogP contribution in [0.4, 0.5) is 13.2 Å². The van der Waals surface area contributed by atoms with E-state index in [2.05, 4.69) is 0 Å². The summed E-state index contributed by atoms with van der Waals surface area (Å²) < 4.78 is 53.8. The van der Waals surface area contributed by atoms with Gasteiger partial charge in [-0.1, -0.05) is 12.1 Å². The van der Waals surface area contributed by atoms with Gasteiger partial charge >= 0.3 is 0 Å². The Hall–Kier alpha value is -2.68. The van der Waals surface area contributed by atoms with Crippen molar-refractivity contribution in [2.45, 2.75) is 24.3 Å². The Morgan fingerprint density at radius 1 is 1.03 bits per heavy atom. The Labute approximate surface area is 173 Å². The number of likely N-dealkylation sites (tertiary alicyclic amines) is 1. The summed E-state index contributed by atoms with van der Waals surface area (Å²) >= 11 is 0. The minimum absolute atomic E-state index is 0.120. The van der Waals surface area contributed by atoms with Crippen molar-refractivity contribution in [2.24, 2.45) is 0 Å². The maximum Gasteiger partial charge on any atom is 0.256 e. The average molecular weight is 436 g/mol. The molecule has 2 aliphatic rings. The monoisotopic (exact) mass is 436 g/mol. The summed E-state index contributed by atoms with van der Waals surface area (Å²) in [6.45, 7) is 0.412. The van der Waals surface area contributed by atoms with Crippen LogP contribution in [-0.2, 0) is 22.1 Å². The number of hydrogen-bond donors (Lipinski definition) is 0. The number of benzene rings is 2. The molecule has 1 spiro atoms. The highest BCUT2D eigenvalue weighted by molar-refractivity contribution is 7.87. The van der Waals surface area contributed by atoms with E-state index in [1.807, 2.05) is 0 Å². The Balaban J connectivity index is 1.53. The number of nitrogens with zero attached hydrogens (tertiary/aromatic N) is 2. The number of rotatable bonds is 3. The normalized spacial score (nSPS) is 20.8. The second-order valence-corrected chi connectivity index (χ2v) is 9.20. The topological polar surface area (TPSA) is 57.7 Å². The van der Waals surface area contributed by atoms with Gasteiger partial charge in [-0.2, -0.15) is 0 Å². The highest BCUT2D eigenvalue weighted by Gasteiger charge is 2.53. The second-order valence-electron chi connectivity index (χ2n) is 7.46. The zero-order chi connectivity index (χ0) is 21.5. The molecule has 1 unspecified atom stereocenters. The summed E-state index contributed by atoms with van der Waals surface area (Å²) in [5, 5.41) is 0. The molecule has 30 heavy (non-hydrogen) atoms. The molecule has 2 saturated heterocycles. The van der Waals surface area contributed by atoms with Gasteiger partial charge in [0.25, 0.3) is 5.91 Å². The maximum atomic E-state index is 14.0. The Morgan fingerprint density at radius 2 is 1.73 bits per heavy atom. The van der Waals surface area contributed by atoms with E-state index in [9.17, 15) is 27.0 Å². The van der Waals surface area contributed by atoms with Gasteiger partial charge in [0.05, 0.1) is 16.4 Å². The van der Waals surface area contributed by atoms with Crippen molar-refractivity contribution in [3.8, 4) is 0 Å². The van der Waals surface area contributed by atoms with Crippen LogP contribution in [0.25, 0.3) is 0 Å². The van der Waals surface area contributed by atoms with E-state index in [0.717, 1.165) is 18.2 Å². The molecule has 0 saturated carbocycles. The highest BCUT2D eigenvalue weighted by Crippen LogP contribution is 2.39. The first kappa shape index (κ1) is 20.6. The average Bonchev–Trinajstić information content (AvgIpc) is 2.94. The Morgan fingerprint density at radius 3 is 2.43 bits per heavy atom. The van der Waals surface area contributed by atoms with E-state index in [1.165, 1.54) is 21.9 Å². The third kappa shape index (κ3) is 3.62. The molecule has 1 atom stereocenters. The van der Waals surface area contributed by atoms with E-state index < -0.39 is 39.0 Å². The van der Waals surface area contributed by atoms with Crippen LogP contribution < -0.4 is 0 Å². The molecule has 2 aliphatic heterocycles. The molecule has 2 heterocycles. The zero-order valence-corrected chi connectivity index (χ0v) is 16.8. The smallest absolute Gasteiger partial charge is 0.256 e. The van der Waals surface area contributed by atoms with Crippen molar-refractivity contribution in [3.05, 3.63) is 71.0 Å². The molecular formula is C21H19F3N2O3S. The molecule has 4 rings (SSSR count). The van der Waals surface area contributed by atoms with Gasteiger partial charge in [0.15, 0.2) is 0 Å². The van der Waals surface area contributed by atoms with Crippen LogP contribution in [0.1, 0.15) is 28.8 Å². The molecule has 2 fully saturated rings. The van der Waals surface area contributed by atoms with E-state index in [0.29, 0.717) is 5.56 Å². The lowest BCUT2D eigenvalue weighted by Crippen LogP contribution is -2.55. The molecule has 0 bridgehead atoms. The molecule has 5 nitrogen and oxygen atoms in total. The minimum Gasteiger partial charge on any atom is -0.338 e. The van der Waals surface area contributed by atoms with Crippen LogP contribution in [0.5, 0.6) is 0 Å². The number of piperidine rings is 1. The highest BCUT2D eigenvalue weighted by atomic mass is 32.2. The lowest BCUT2D eigenvalue weighted by Gasteiger charge is -2.43. The van der Waals surface area contributed by atoms with Crippen LogP contribution in [0.2, 0.25) is 0 Å². The van der Waals surface area contributed by atoms with Gasteiger partial charge in [0.1, 0.15) is 28.1 Å². The fraction of sp³-hybridized carbons (Fsp3) is 0.333. The van der Waals surface area contributed by atoms with Crippen LogP contribution in [0.15, 0.2) is 42.5 Å². The summed E-state index contributed by atoms with van der Waals surface area (Å²) in [6.07, 6.45) is 0.479. The van der Waals surface area contributed by atoms with Gasteiger partial charge in [0.2, 0.25) is 5.91 Å². The standard InChI is InChI=1S/C21H19F3N2O3S/c22-15-3-1-2-14(10-15)12-26-19(27)13-30(29)21(26)6-8-25(9-7-21)20(28)17-11-16(23)4-5-18(17)24/h1-5,10-11H,6-9,12-13H2. The van der Waals surface area contributed by atoms with E-state index >= 15 is 0 Å².